The van der Waals surface area contributed by atoms with E-state index < -0.39 is 53.5 Å². The van der Waals surface area contributed by atoms with Crippen LogP contribution in [0.15, 0.2) is 23.8 Å². The smallest absolute Gasteiger partial charge is 1.00 e. The molecule has 180 valence electrons. The summed E-state index contributed by atoms with van der Waals surface area (Å²) in [4.78, 5) is 43.3. The molecule has 0 aromatic rings. The Morgan fingerprint density at radius 2 is 1.97 bits per heavy atom. The van der Waals surface area contributed by atoms with Crippen molar-refractivity contribution in [1.82, 2.24) is 0 Å². The minimum Gasteiger partial charge on any atom is -1.00 e. The van der Waals surface area contributed by atoms with Gasteiger partial charge in [-0.3, -0.25) is 14.1 Å². The molecule has 0 bridgehead atoms. The van der Waals surface area contributed by atoms with Crippen LogP contribution in [0.1, 0.15) is 47.9 Å². The summed E-state index contributed by atoms with van der Waals surface area (Å²) in [7, 11) is -5.11. The van der Waals surface area contributed by atoms with Gasteiger partial charge in [0.05, 0.1) is 11.0 Å². The Bertz CT molecular complexity index is 986. The van der Waals surface area contributed by atoms with Crippen LogP contribution in [0.4, 0.5) is 0 Å². The third-order valence-corrected chi connectivity index (χ3v) is 10.5. The maximum absolute atomic E-state index is 13.1. The predicted molar refractivity (Wildman–Crippen MR) is 117 cm³/mol. The average molecular weight is 513 g/mol. The molecule has 0 unspecified atom stereocenters. The second kappa shape index (κ2) is 8.62. The molecular weight excluding hydrogens is 482 g/mol. The molecule has 8 nitrogen and oxygen atoms in total. The normalized spacial score (nSPS) is 46.5. The molecule has 8 atom stereocenters. The van der Waals surface area contributed by atoms with Gasteiger partial charge in [-0.2, -0.15) is 0 Å². The number of aliphatic hydroxyl groups is 2. The summed E-state index contributed by atoms with van der Waals surface area (Å²) in [6.07, 6.45) is 5.13. The number of rotatable bonds is 4. The van der Waals surface area contributed by atoms with Crippen molar-refractivity contribution in [2.24, 2.45) is 28.6 Å². The van der Waals surface area contributed by atoms with Crippen LogP contribution in [-0.2, 0) is 18.7 Å². The summed E-state index contributed by atoms with van der Waals surface area (Å²) in [5, 5.41) is 21.2. The van der Waals surface area contributed by atoms with E-state index in [1.807, 2.05) is 6.92 Å². The standard InChI is InChI=1S/C22H30ClO8P.Na.H/c1-12-8-16-15-5-4-13-9-14(25)6-7-19(13,2)21(15,23)17(26)10-20(16,3)22(12,18(27)11-24)31-32(28,29)30;;/h6-7,9,12,15-17,24,26H,4-5,8,10-11H2,1-3H3,(H2,28,29,30);;/q;+1;-1/t12-,15-,16-,17-,19-,20-,21-,22-;;/m0../s1. The number of hydrogen-bond donors (Lipinski definition) is 4. The molecule has 0 saturated heterocycles. The van der Waals surface area contributed by atoms with Crippen LogP contribution in [0.2, 0.25) is 0 Å². The molecule has 4 rings (SSSR count). The molecule has 4 aliphatic carbocycles. The monoisotopic (exact) mass is 512 g/mol. The minimum absolute atomic E-state index is 0. The van der Waals surface area contributed by atoms with Crippen molar-refractivity contribution in [1.29, 1.82) is 0 Å². The molecule has 0 radical (unpaired) electrons. The summed E-state index contributed by atoms with van der Waals surface area (Å²) < 4.78 is 17.2. The van der Waals surface area contributed by atoms with Crippen LogP contribution in [0.5, 0.6) is 0 Å². The van der Waals surface area contributed by atoms with Gasteiger partial charge in [-0.05, 0) is 55.6 Å². The van der Waals surface area contributed by atoms with Crippen molar-refractivity contribution >= 4 is 31.0 Å². The van der Waals surface area contributed by atoms with Gasteiger partial charge in [0.15, 0.2) is 11.6 Å². The van der Waals surface area contributed by atoms with Crippen LogP contribution < -0.4 is 29.6 Å². The number of alkyl halides is 1. The predicted octanol–water partition coefficient (Wildman–Crippen LogP) is -0.601. The Morgan fingerprint density at radius 1 is 1.33 bits per heavy atom. The van der Waals surface area contributed by atoms with Gasteiger partial charge in [0, 0.05) is 10.8 Å². The largest absolute Gasteiger partial charge is 1.00 e. The van der Waals surface area contributed by atoms with Gasteiger partial charge in [-0.15, -0.1) is 11.6 Å². The van der Waals surface area contributed by atoms with E-state index in [1.165, 1.54) is 6.08 Å². The molecule has 0 spiro atoms. The molecule has 0 aromatic heterocycles. The SMILES string of the molecule is C[C@H]1C[C@H]2[C@@H]3CCC4=CC(=O)C=C[C@]4(C)[C@@]3(Cl)[C@@H](O)C[C@]2(C)[C@@]1(OP(=O)(O)O)C(=O)CO.[H-].[Na+]. The van der Waals surface area contributed by atoms with E-state index in [-0.39, 0.29) is 55.0 Å². The molecule has 0 heterocycles. The van der Waals surface area contributed by atoms with Gasteiger partial charge >= 0.3 is 37.4 Å². The fourth-order valence-electron chi connectivity index (χ4n) is 7.67. The molecule has 0 aromatic carbocycles. The zero-order chi connectivity index (χ0) is 23.9. The Balaban J connectivity index is 0.00000204. The van der Waals surface area contributed by atoms with Crippen LogP contribution >= 0.6 is 19.4 Å². The van der Waals surface area contributed by atoms with Crippen LogP contribution in [0.25, 0.3) is 0 Å². The fourth-order valence-corrected chi connectivity index (χ4v) is 9.06. The molecule has 3 saturated carbocycles. The minimum atomic E-state index is -5.11. The number of halogens is 1. The van der Waals surface area contributed by atoms with Gasteiger partial charge in [0.2, 0.25) is 0 Å². The number of allylic oxidation sites excluding steroid dienone is 4. The first-order chi connectivity index (χ1) is 14.7. The first kappa shape index (κ1) is 27.7. The Kier molecular flexibility index (Phi) is 7.24. The van der Waals surface area contributed by atoms with E-state index in [0.29, 0.717) is 19.3 Å². The molecule has 33 heavy (non-hydrogen) atoms. The molecule has 3 fully saturated rings. The molecular formula is C22H31ClNaO8P. The van der Waals surface area contributed by atoms with Gasteiger partial charge in [-0.1, -0.05) is 32.4 Å². The average Bonchev–Trinajstić information content (AvgIpc) is 2.90. The van der Waals surface area contributed by atoms with E-state index >= 15 is 0 Å². The fraction of sp³-hybridized carbons (Fsp3) is 0.727. The van der Waals surface area contributed by atoms with Crippen LogP contribution in [0.3, 0.4) is 0 Å². The Morgan fingerprint density at radius 3 is 2.55 bits per heavy atom. The van der Waals surface area contributed by atoms with E-state index in [4.69, 9.17) is 16.1 Å². The van der Waals surface area contributed by atoms with Crippen molar-refractivity contribution in [2.45, 2.75) is 63.0 Å². The molecule has 0 amide bonds. The summed E-state index contributed by atoms with van der Waals surface area (Å²) >= 11 is 7.32. The molecule has 11 heteroatoms. The molecule has 4 N–H and O–H groups in total. The van der Waals surface area contributed by atoms with E-state index in [9.17, 15) is 34.2 Å². The summed E-state index contributed by atoms with van der Waals surface area (Å²) in [5.74, 6) is -2.16. The number of carbonyl (C=O) groups is 2. The maximum atomic E-state index is 13.1. The quantitative estimate of drug-likeness (QED) is 0.222. The van der Waals surface area contributed by atoms with Gasteiger partial charge in [0.25, 0.3) is 0 Å². The first-order valence-corrected chi connectivity index (χ1v) is 12.8. The number of hydrogen-bond acceptors (Lipinski definition) is 6. The topological polar surface area (TPSA) is 141 Å². The van der Waals surface area contributed by atoms with Gasteiger partial charge in [0.1, 0.15) is 12.2 Å². The van der Waals surface area contributed by atoms with Crippen LogP contribution in [0, 0.1) is 28.6 Å². The first-order valence-electron chi connectivity index (χ1n) is 10.9. The molecule has 0 aliphatic heterocycles. The number of fused-ring (bicyclic) bond motifs is 5. The summed E-state index contributed by atoms with van der Waals surface area (Å²) in [5.41, 5.74) is -3.05. The van der Waals surface area contributed by atoms with Crippen LogP contribution in [-0.4, -0.2) is 54.8 Å². The van der Waals surface area contributed by atoms with Crippen molar-refractivity contribution in [3.8, 4) is 0 Å². The van der Waals surface area contributed by atoms with Crippen molar-refractivity contribution in [3.05, 3.63) is 23.8 Å². The van der Waals surface area contributed by atoms with Crippen molar-refractivity contribution in [3.63, 3.8) is 0 Å². The second-order valence-corrected chi connectivity index (χ2v) is 12.1. The van der Waals surface area contributed by atoms with E-state index in [0.717, 1.165) is 5.57 Å². The Hall–Kier alpha value is 0.140. The number of carbonyl (C=O) groups excluding carboxylic acids is 2. The van der Waals surface area contributed by atoms with Gasteiger partial charge < -0.3 is 21.4 Å². The number of ketones is 2. The third kappa shape index (κ3) is 3.59. The number of phosphoric acid groups is 1. The summed E-state index contributed by atoms with van der Waals surface area (Å²) in [6.45, 7) is 4.36. The third-order valence-electron chi connectivity index (χ3n) is 9.00. The van der Waals surface area contributed by atoms with E-state index in [2.05, 4.69) is 0 Å². The number of aliphatic hydroxyl groups excluding tert-OH is 2. The number of phosphoric ester groups is 1. The zero-order valence-electron chi connectivity index (χ0n) is 20.3. The van der Waals surface area contributed by atoms with E-state index in [1.54, 1.807) is 26.0 Å². The second-order valence-electron chi connectivity index (χ2n) is 10.3. The maximum Gasteiger partial charge on any atom is 1.00 e. The number of Topliss-reactive ketones (excluding diaryl/α,β-unsaturated/α-hetero) is 1. The zero-order valence-corrected chi connectivity index (χ0v) is 23.0. The molecule has 4 aliphatic rings. The summed E-state index contributed by atoms with van der Waals surface area (Å²) in [6, 6.07) is 0. The van der Waals surface area contributed by atoms with Crippen molar-refractivity contribution in [2.75, 3.05) is 6.61 Å². The van der Waals surface area contributed by atoms with Gasteiger partial charge in [-0.25, -0.2) is 4.57 Å². The van der Waals surface area contributed by atoms with Crippen molar-refractivity contribution < 1.29 is 69.7 Å². The Labute approximate surface area is 221 Å².